The maximum absolute atomic E-state index is 12.8. The number of nitrogens with zero attached hydrogens (tertiary/aromatic N) is 2. The van der Waals surface area contributed by atoms with Crippen LogP contribution in [0.25, 0.3) is 0 Å². The molecule has 1 heterocycles. The van der Waals surface area contributed by atoms with Gasteiger partial charge in [0.1, 0.15) is 11.6 Å². The fraction of sp³-hybridized carbons (Fsp3) is 0.100. The average molecular weight is 192 g/mol. The fourth-order valence-electron chi connectivity index (χ4n) is 1.12. The van der Waals surface area contributed by atoms with Crippen molar-refractivity contribution in [2.45, 2.75) is 0 Å². The van der Waals surface area contributed by atoms with E-state index >= 15 is 0 Å². The van der Waals surface area contributed by atoms with E-state index in [9.17, 15) is 4.39 Å². The van der Waals surface area contributed by atoms with Crippen LogP contribution in [0, 0.1) is 5.82 Å². The zero-order valence-electron chi connectivity index (χ0n) is 7.64. The molecule has 2 aromatic rings. The molecular formula is C10H9FN2O. The SMILES string of the molecule is Cn1cc(Oc2cccc(F)c2)cn1. The van der Waals surface area contributed by atoms with Crippen molar-refractivity contribution < 1.29 is 9.13 Å². The molecule has 0 unspecified atom stereocenters. The molecule has 0 saturated heterocycles. The van der Waals surface area contributed by atoms with Crippen LogP contribution in [0.3, 0.4) is 0 Å². The predicted molar refractivity (Wildman–Crippen MR) is 49.7 cm³/mol. The number of hydrogen-bond acceptors (Lipinski definition) is 2. The second-order valence-corrected chi connectivity index (χ2v) is 2.91. The molecule has 1 aromatic carbocycles. The van der Waals surface area contributed by atoms with Gasteiger partial charge in [-0.15, -0.1) is 0 Å². The van der Waals surface area contributed by atoms with Crippen molar-refractivity contribution in [3.05, 3.63) is 42.5 Å². The molecule has 0 aliphatic rings. The fourth-order valence-corrected chi connectivity index (χ4v) is 1.12. The van der Waals surface area contributed by atoms with Crippen LogP contribution in [-0.4, -0.2) is 9.78 Å². The Morgan fingerprint density at radius 2 is 2.21 bits per heavy atom. The monoisotopic (exact) mass is 192 g/mol. The van der Waals surface area contributed by atoms with Crippen molar-refractivity contribution in [1.82, 2.24) is 9.78 Å². The van der Waals surface area contributed by atoms with Crippen molar-refractivity contribution in [3.8, 4) is 11.5 Å². The molecule has 14 heavy (non-hydrogen) atoms. The minimum absolute atomic E-state index is 0.314. The highest BCUT2D eigenvalue weighted by Gasteiger charge is 1.99. The first-order chi connectivity index (χ1) is 6.74. The molecule has 72 valence electrons. The normalized spacial score (nSPS) is 10.1. The smallest absolute Gasteiger partial charge is 0.165 e. The standard InChI is InChI=1S/C10H9FN2O/c1-13-7-10(6-12-13)14-9-4-2-3-8(11)5-9/h2-7H,1H3. The van der Waals surface area contributed by atoms with Gasteiger partial charge in [-0.05, 0) is 12.1 Å². The lowest BCUT2D eigenvalue weighted by Crippen LogP contribution is -1.85. The third kappa shape index (κ3) is 1.90. The third-order valence-corrected chi connectivity index (χ3v) is 1.71. The number of aryl methyl sites for hydroxylation is 1. The molecule has 0 bridgehead atoms. The van der Waals surface area contributed by atoms with Crippen molar-refractivity contribution in [2.24, 2.45) is 7.05 Å². The number of ether oxygens (including phenoxy) is 1. The Kier molecular flexibility index (Phi) is 2.18. The van der Waals surface area contributed by atoms with Gasteiger partial charge in [0, 0.05) is 13.1 Å². The molecule has 4 heteroatoms. The molecule has 3 nitrogen and oxygen atoms in total. The molecule has 0 N–H and O–H groups in total. The number of benzene rings is 1. The summed E-state index contributed by atoms with van der Waals surface area (Å²) in [6, 6.07) is 5.99. The number of aromatic nitrogens is 2. The lowest BCUT2D eigenvalue weighted by molar-refractivity contribution is 0.476. The van der Waals surface area contributed by atoms with Crippen LogP contribution in [0.4, 0.5) is 4.39 Å². The van der Waals surface area contributed by atoms with Crippen molar-refractivity contribution >= 4 is 0 Å². The maximum Gasteiger partial charge on any atom is 0.165 e. The average Bonchev–Trinajstić information content (AvgIpc) is 2.51. The summed E-state index contributed by atoms with van der Waals surface area (Å²) in [7, 11) is 1.79. The second-order valence-electron chi connectivity index (χ2n) is 2.91. The van der Waals surface area contributed by atoms with Gasteiger partial charge >= 0.3 is 0 Å². The van der Waals surface area contributed by atoms with Gasteiger partial charge in [0.15, 0.2) is 5.75 Å². The molecule has 0 fully saturated rings. The minimum Gasteiger partial charge on any atom is -0.454 e. The number of rotatable bonds is 2. The molecule has 0 amide bonds. The quantitative estimate of drug-likeness (QED) is 0.730. The van der Waals surface area contributed by atoms with Crippen LogP contribution in [0.1, 0.15) is 0 Å². The highest BCUT2D eigenvalue weighted by atomic mass is 19.1. The van der Waals surface area contributed by atoms with Gasteiger partial charge in [0.05, 0.1) is 12.4 Å². The molecule has 0 atom stereocenters. The summed E-state index contributed by atoms with van der Waals surface area (Å²) in [5.74, 6) is 0.752. The van der Waals surface area contributed by atoms with E-state index in [2.05, 4.69) is 5.10 Å². The summed E-state index contributed by atoms with van der Waals surface area (Å²) in [6.45, 7) is 0. The lowest BCUT2D eigenvalue weighted by Gasteiger charge is -2.01. The minimum atomic E-state index is -0.314. The van der Waals surface area contributed by atoms with Gasteiger partial charge < -0.3 is 4.74 Å². The van der Waals surface area contributed by atoms with Crippen LogP contribution in [0.5, 0.6) is 11.5 Å². The van der Waals surface area contributed by atoms with E-state index in [0.717, 1.165) is 0 Å². The van der Waals surface area contributed by atoms with E-state index in [1.165, 1.54) is 12.1 Å². The van der Waals surface area contributed by atoms with E-state index < -0.39 is 0 Å². The first-order valence-electron chi connectivity index (χ1n) is 4.16. The molecule has 1 aromatic heterocycles. The zero-order valence-corrected chi connectivity index (χ0v) is 7.64. The molecule has 0 spiro atoms. The summed E-state index contributed by atoms with van der Waals surface area (Å²) in [5, 5.41) is 3.93. The van der Waals surface area contributed by atoms with Crippen LogP contribution in [-0.2, 0) is 7.05 Å². The first kappa shape index (κ1) is 8.74. The van der Waals surface area contributed by atoms with Gasteiger partial charge in [0.2, 0.25) is 0 Å². The Balaban J connectivity index is 2.18. The Hall–Kier alpha value is -1.84. The summed E-state index contributed by atoms with van der Waals surface area (Å²) >= 11 is 0. The molecular weight excluding hydrogens is 183 g/mol. The van der Waals surface area contributed by atoms with Crippen molar-refractivity contribution in [1.29, 1.82) is 0 Å². The zero-order chi connectivity index (χ0) is 9.97. The molecule has 0 saturated carbocycles. The van der Waals surface area contributed by atoms with Gasteiger partial charge in [-0.2, -0.15) is 5.10 Å². The molecule has 0 radical (unpaired) electrons. The highest BCUT2D eigenvalue weighted by Crippen LogP contribution is 2.20. The van der Waals surface area contributed by atoms with Crippen LogP contribution < -0.4 is 4.74 Å². The van der Waals surface area contributed by atoms with E-state index in [1.54, 1.807) is 36.3 Å². The molecule has 2 rings (SSSR count). The van der Waals surface area contributed by atoms with Gasteiger partial charge in [-0.1, -0.05) is 6.07 Å². The predicted octanol–water partition coefficient (Wildman–Crippen LogP) is 2.35. The van der Waals surface area contributed by atoms with Gasteiger partial charge in [-0.25, -0.2) is 4.39 Å². The van der Waals surface area contributed by atoms with E-state index in [1.807, 2.05) is 0 Å². The van der Waals surface area contributed by atoms with Crippen LogP contribution >= 0.6 is 0 Å². The van der Waals surface area contributed by atoms with Gasteiger partial charge in [-0.3, -0.25) is 4.68 Å². The Morgan fingerprint density at radius 1 is 1.36 bits per heavy atom. The summed E-state index contributed by atoms with van der Waals surface area (Å²) < 4.78 is 19.8. The maximum atomic E-state index is 12.8. The molecule has 0 aliphatic heterocycles. The van der Waals surface area contributed by atoms with E-state index in [-0.39, 0.29) is 5.82 Å². The summed E-state index contributed by atoms with van der Waals surface area (Å²) in [5.41, 5.74) is 0. The Bertz CT molecular complexity index is 439. The second kappa shape index (κ2) is 3.49. The third-order valence-electron chi connectivity index (χ3n) is 1.71. The number of halogens is 1. The van der Waals surface area contributed by atoms with Crippen molar-refractivity contribution in [3.63, 3.8) is 0 Å². The van der Waals surface area contributed by atoms with E-state index in [4.69, 9.17) is 4.74 Å². The van der Waals surface area contributed by atoms with Crippen LogP contribution in [0.15, 0.2) is 36.7 Å². The highest BCUT2D eigenvalue weighted by molar-refractivity contribution is 5.28. The summed E-state index contributed by atoms with van der Waals surface area (Å²) in [4.78, 5) is 0. The van der Waals surface area contributed by atoms with Gasteiger partial charge in [0.25, 0.3) is 0 Å². The first-order valence-corrected chi connectivity index (χ1v) is 4.16. The van der Waals surface area contributed by atoms with Crippen LogP contribution in [0.2, 0.25) is 0 Å². The van der Waals surface area contributed by atoms with Crippen molar-refractivity contribution in [2.75, 3.05) is 0 Å². The van der Waals surface area contributed by atoms with E-state index in [0.29, 0.717) is 11.5 Å². The Morgan fingerprint density at radius 3 is 2.86 bits per heavy atom. The topological polar surface area (TPSA) is 27.1 Å². The largest absolute Gasteiger partial charge is 0.454 e. The number of hydrogen-bond donors (Lipinski definition) is 0. The lowest BCUT2D eigenvalue weighted by atomic mass is 10.3. The summed E-state index contributed by atoms with van der Waals surface area (Å²) in [6.07, 6.45) is 3.29. The Labute approximate surface area is 80.7 Å². The molecule has 0 aliphatic carbocycles.